The Balaban J connectivity index is 2.02. The number of imidazole rings is 1. The summed E-state index contributed by atoms with van der Waals surface area (Å²) >= 11 is 0. The van der Waals surface area contributed by atoms with E-state index in [1.54, 1.807) is 30.3 Å². The predicted octanol–water partition coefficient (Wildman–Crippen LogP) is 1.92. The van der Waals surface area contributed by atoms with Crippen LogP contribution in [0.3, 0.4) is 0 Å². The van der Waals surface area contributed by atoms with Gasteiger partial charge in [-0.1, -0.05) is 30.3 Å². The highest BCUT2D eigenvalue weighted by molar-refractivity contribution is 5.66. The summed E-state index contributed by atoms with van der Waals surface area (Å²) in [6.45, 7) is -1.88. The van der Waals surface area contributed by atoms with E-state index in [0.29, 0.717) is 5.56 Å². The number of hydrogen-bond acceptors (Lipinski definition) is 4. The van der Waals surface area contributed by atoms with Crippen LogP contribution in [-0.2, 0) is 6.50 Å². The number of nitrogens with one attached hydrogen (secondary N) is 2. The minimum atomic E-state index is -1.88. The fourth-order valence-corrected chi connectivity index (χ4v) is 1.41. The zero-order valence-electron chi connectivity index (χ0n) is 12.7. The van der Waals surface area contributed by atoms with Gasteiger partial charge in [0.05, 0.1) is 9.04 Å². The molecule has 1 aromatic rings. The number of anilines is 1. The lowest BCUT2D eigenvalue weighted by Crippen LogP contribution is -2.04. The maximum atomic E-state index is 8.12. The molecule has 0 fully saturated rings. The molecule has 0 spiro atoms. The fraction of sp³-hybridized carbons (Fsp3) is 0.0833. The highest BCUT2D eigenvalue weighted by Gasteiger charge is 2.11. The first-order valence-corrected chi connectivity index (χ1v) is 5.00. The summed E-state index contributed by atoms with van der Waals surface area (Å²) in [6.07, 6.45) is -0.409. The summed E-state index contributed by atoms with van der Waals surface area (Å²) in [4.78, 5) is 14.1. The number of fused-ring (bicyclic) bond motifs is 1. The van der Waals surface area contributed by atoms with E-state index in [0.717, 1.165) is 0 Å². The number of aromatic nitrogens is 4. The molecule has 2 aliphatic rings. The van der Waals surface area contributed by atoms with E-state index < -0.39 is 6.50 Å². The molecule has 0 aliphatic carbocycles. The van der Waals surface area contributed by atoms with Gasteiger partial charge in [0.1, 0.15) is 20.6 Å². The maximum absolute atomic E-state index is 8.12. The second-order valence-electron chi connectivity index (χ2n) is 3.34. The van der Waals surface area contributed by atoms with Crippen LogP contribution in [0, 0.1) is 0 Å². The molecule has 2 N–H and O–H groups in total. The maximum Gasteiger partial charge on any atom is 0.184 e. The Bertz CT molecular complexity index is 743. The van der Waals surface area contributed by atoms with Crippen molar-refractivity contribution in [2.75, 3.05) is 5.32 Å². The second kappa shape index (κ2) is 4.21. The molecule has 1 aromatic carbocycles. The van der Waals surface area contributed by atoms with Gasteiger partial charge in [0.25, 0.3) is 0 Å². The van der Waals surface area contributed by atoms with Crippen molar-refractivity contribution in [1.29, 1.82) is 0 Å². The van der Waals surface area contributed by atoms with Crippen molar-refractivity contribution in [3.63, 3.8) is 0 Å². The first kappa shape index (κ1) is 6.34. The minimum Gasteiger partial charge on any atom is -0.366 e. The number of nitrogens with zero attached hydrogens (tertiary/aromatic N) is 3. The van der Waals surface area contributed by atoms with Crippen molar-refractivity contribution in [3.05, 3.63) is 48.5 Å². The van der Waals surface area contributed by atoms with Gasteiger partial charge in [-0.05, 0) is 5.56 Å². The van der Waals surface area contributed by atoms with Crippen LogP contribution < -0.4 is 5.32 Å². The summed E-state index contributed by atoms with van der Waals surface area (Å²) in [7, 11) is 0. The van der Waals surface area contributed by atoms with Crippen molar-refractivity contribution < 1.29 is 5.48 Å². The van der Waals surface area contributed by atoms with Crippen LogP contribution in [0.1, 0.15) is 11.0 Å². The second-order valence-corrected chi connectivity index (χ2v) is 3.34. The van der Waals surface area contributed by atoms with Gasteiger partial charge in [0.2, 0.25) is 0 Å². The quantitative estimate of drug-likeness (QED) is 0.720. The largest absolute Gasteiger partial charge is 0.366 e. The number of rotatable bonds is 3. The molecule has 5 nitrogen and oxygen atoms in total. The van der Waals surface area contributed by atoms with Gasteiger partial charge >= 0.3 is 0 Å². The Hall–Kier alpha value is -2.43. The van der Waals surface area contributed by atoms with Crippen LogP contribution in [0.5, 0.6) is 0 Å². The standard InChI is InChI=1S/C12H11N5/c1-2-4-9(5-3-1)6-13-11-10-12(15-7-14-10)17-8-16-11/h1-5,7-8H,6H2,(H2,13,14,15,16,17)/i6D2,7D,8D. The molecule has 84 valence electrons. The van der Waals surface area contributed by atoms with Crippen LogP contribution in [0.15, 0.2) is 42.9 Å². The van der Waals surface area contributed by atoms with E-state index in [9.17, 15) is 0 Å². The van der Waals surface area contributed by atoms with E-state index >= 15 is 0 Å². The molecule has 0 unspecified atom stereocenters. The van der Waals surface area contributed by atoms with E-state index in [-0.39, 0.29) is 29.9 Å². The van der Waals surface area contributed by atoms with Crippen molar-refractivity contribution in [1.82, 2.24) is 19.9 Å². The zero-order valence-corrected chi connectivity index (χ0v) is 8.73. The van der Waals surface area contributed by atoms with Gasteiger partial charge in [-0.2, -0.15) is 0 Å². The molecule has 3 rings (SSSR count). The highest BCUT2D eigenvalue weighted by atomic mass is 15.1. The van der Waals surface area contributed by atoms with Gasteiger partial charge in [-0.15, -0.1) is 0 Å². The molecule has 17 heavy (non-hydrogen) atoms. The number of H-pyrrole nitrogens is 1. The topological polar surface area (TPSA) is 66.5 Å². The lowest BCUT2D eigenvalue weighted by atomic mass is 10.2. The first-order valence-electron chi connectivity index (χ1n) is 7.00. The summed E-state index contributed by atoms with van der Waals surface area (Å²) < 4.78 is 31.2. The normalized spacial score (nSPS) is 14.8. The molecule has 0 saturated heterocycles. The Morgan fingerprint density at radius 2 is 2.12 bits per heavy atom. The molecule has 0 radical (unpaired) electrons. The van der Waals surface area contributed by atoms with Crippen LogP contribution in [0.25, 0.3) is 11.5 Å². The summed E-state index contributed by atoms with van der Waals surface area (Å²) in [5.41, 5.74) is 0.663. The molecular formula is C12H11N5. The smallest absolute Gasteiger partial charge is 0.184 e. The average molecular weight is 229 g/mol. The molecule has 0 aromatic heterocycles. The molecule has 5 heteroatoms. The van der Waals surface area contributed by atoms with Crippen molar-refractivity contribution in [2.24, 2.45) is 0 Å². The van der Waals surface area contributed by atoms with E-state index in [1.807, 2.05) is 0 Å². The number of aromatic amines is 1. The number of hydrogen-bond donors (Lipinski definition) is 2. The number of benzene rings is 1. The highest BCUT2D eigenvalue weighted by Crippen LogP contribution is 2.21. The van der Waals surface area contributed by atoms with E-state index in [2.05, 4.69) is 25.3 Å². The monoisotopic (exact) mass is 229 g/mol. The Kier molecular flexibility index (Phi) is 1.57. The average Bonchev–Trinajstić information content (AvgIpc) is 2.80. The summed E-state index contributed by atoms with van der Waals surface area (Å²) in [6, 6.07) is 8.58. The van der Waals surface area contributed by atoms with Crippen molar-refractivity contribution in [3.8, 4) is 11.5 Å². The molecule has 2 heterocycles. The van der Waals surface area contributed by atoms with Crippen LogP contribution in [0.4, 0.5) is 5.82 Å². The molecule has 0 bridgehead atoms. The van der Waals surface area contributed by atoms with Gasteiger partial charge in [-0.25, -0.2) is 15.0 Å². The van der Waals surface area contributed by atoms with E-state index in [4.69, 9.17) is 5.48 Å². The Labute approximate surface area is 104 Å². The van der Waals surface area contributed by atoms with Crippen LogP contribution in [0.2, 0.25) is 0 Å². The predicted molar refractivity (Wildman–Crippen MR) is 64.6 cm³/mol. The molecular weight excluding hydrogens is 214 g/mol. The van der Waals surface area contributed by atoms with Gasteiger partial charge in [-0.3, -0.25) is 0 Å². The Morgan fingerprint density at radius 1 is 1.24 bits per heavy atom. The van der Waals surface area contributed by atoms with Crippen molar-refractivity contribution >= 4 is 5.82 Å². The van der Waals surface area contributed by atoms with Crippen molar-refractivity contribution in [2.45, 2.75) is 6.50 Å². The third-order valence-corrected chi connectivity index (χ3v) is 2.21. The van der Waals surface area contributed by atoms with Crippen LogP contribution in [-0.4, -0.2) is 19.9 Å². The fourth-order valence-electron chi connectivity index (χ4n) is 1.41. The third-order valence-electron chi connectivity index (χ3n) is 2.21. The lowest BCUT2D eigenvalue weighted by molar-refractivity contribution is 1.07. The first-order chi connectivity index (χ1) is 9.95. The van der Waals surface area contributed by atoms with Gasteiger partial charge < -0.3 is 10.3 Å². The van der Waals surface area contributed by atoms with Crippen LogP contribution >= 0.6 is 0 Å². The minimum absolute atomic E-state index is 0.134. The molecule has 0 atom stereocenters. The Morgan fingerprint density at radius 3 is 3.00 bits per heavy atom. The molecule has 0 amide bonds. The zero-order chi connectivity index (χ0) is 15.0. The van der Waals surface area contributed by atoms with Gasteiger partial charge in [0, 0.05) is 6.50 Å². The molecule has 2 aliphatic heterocycles. The summed E-state index contributed by atoms with van der Waals surface area (Å²) in [5.74, 6) is 0.306. The SMILES string of the molecule is [2H]c1nc2nc([2H])[nH]c(NC([2H])([2H])c3ccccc3)c-2n1. The summed E-state index contributed by atoms with van der Waals surface area (Å²) in [5, 5.41) is 2.66. The lowest BCUT2D eigenvalue weighted by Gasteiger charge is -2.08. The third kappa shape index (κ3) is 1.94. The van der Waals surface area contributed by atoms with E-state index in [1.165, 1.54) is 0 Å². The molecule has 0 saturated carbocycles. The van der Waals surface area contributed by atoms with Gasteiger partial charge in [0.15, 0.2) is 5.82 Å².